The number of benzene rings is 1. The van der Waals surface area contributed by atoms with Crippen LogP contribution in [-0.4, -0.2) is 0 Å². The zero-order valence-electron chi connectivity index (χ0n) is 8.76. The van der Waals surface area contributed by atoms with Crippen LogP contribution in [0.3, 0.4) is 0 Å². The van der Waals surface area contributed by atoms with E-state index in [9.17, 15) is 8.78 Å². The van der Waals surface area contributed by atoms with Crippen LogP contribution in [0.1, 0.15) is 26.2 Å². The fourth-order valence-electron chi connectivity index (χ4n) is 2.26. The van der Waals surface area contributed by atoms with Crippen LogP contribution < -0.4 is 0 Å². The van der Waals surface area contributed by atoms with Gasteiger partial charge in [-0.25, -0.2) is 8.78 Å². The summed E-state index contributed by atoms with van der Waals surface area (Å²) in [6, 6.07) is 3.77. The van der Waals surface area contributed by atoms with Gasteiger partial charge in [-0.05, 0) is 48.6 Å². The Morgan fingerprint density at radius 2 is 2.29 bits per heavy atom. The lowest BCUT2D eigenvalue weighted by Gasteiger charge is -2.01. The maximum atomic E-state index is 13.3. The van der Waals surface area contributed by atoms with Gasteiger partial charge in [-0.15, -0.1) is 0 Å². The highest BCUT2D eigenvalue weighted by Crippen LogP contribution is 2.71. The van der Waals surface area contributed by atoms with Crippen LogP contribution >= 0.6 is 0 Å². The normalized spacial score (nSPS) is 39.7. The van der Waals surface area contributed by atoms with Gasteiger partial charge >= 0.3 is 0 Å². The van der Waals surface area contributed by atoms with Crippen molar-refractivity contribution in [2.75, 3.05) is 0 Å². The first-order valence-electron chi connectivity index (χ1n) is 5.56. The molecule has 2 aliphatic carbocycles. The first kappa shape index (κ1) is 7.38. The molecule has 1 aromatic rings. The molecule has 3 unspecified atom stereocenters. The first-order valence-corrected chi connectivity index (χ1v) is 4.98. The second-order valence-electron chi connectivity index (χ2n) is 4.48. The van der Waals surface area contributed by atoms with Gasteiger partial charge in [-0.2, -0.15) is 0 Å². The van der Waals surface area contributed by atoms with Gasteiger partial charge in [0.2, 0.25) is 0 Å². The number of hydrogen-bond donors (Lipinski definition) is 0. The zero-order chi connectivity index (χ0) is 10.6. The van der Waals surface area contributed by atoms with Gasteiger partial charge in [0.15, 0.2) is 0 Å². The van der Waals surface area contributed by atoms with Crippen molar-refractivity contribution in [3.63, 3.8) is 0 Å². The van der Waals surface area contributed by atoms with Crippen LogP contribution in [0.15, 0.2) is 18.2 Å². The lowest BCUT2D eigenvalue weighted by molar-refractivity contribution is 0.563. The van der Waals surface area contributed by atoms with E-state index < -0.39 is 11.6 Å². The SMILES string of the molecule is [2H]C1CC12CC2Cc1ccc(F)cc1F. The Balaban J connectivity index is 1.73. The molecular weight excluding hydrogens is 182 g/mol. The standard InChI is InChI=1S/C12H12F2/c13-10-2-1-8(11(14)6-10)5-9-7-12(9)3-4-12/h1-2,6,9H,3-5,7H2/i3D. The molecule has 0 N–H and O–H groups in total. The van der Waals surface area contributed by atoms with E-state index in [1.165, 1.54) is 12.1 Å². The maximum absolute atomic E-state index is 13.3. The molecule has 74 valence electrons. The third-order valence-electron chi connectivity index (χ3n) is 3.49. The summed E-state index contributed by atoms with van der Waals surface area (Å²) in [6.07, 6.45) is 2.77. The largest absolute Gasteiger partial charge is 0.207 e. The molecule has 1 spiro atoms. The lowest BCUT2D eigenvalue weighted by Crippen LogP contribution is -1.95. The molecule has 14 heavy (non-hydrogen) atoms. The topological polar surface area (TPSA) is 0 Å². The molecule has 2 saturated carbocycles. The van der Waals surface area contributed by atoms with E-state index in [4.69, 9.17) is 1.37 Å². The molecule has 2 fully saturated rings. The highest BCUT2D eigenvalue weighted by atomic mass is 19.1. The maximum Gasteiger partial charge on any atom is 0.129 e. The summed E-state index contributed by atoms with van der Waals surface area (Å²) in [4.78, 5) is 0. The van der Waals surface area contributed by atoms with Crippen molar-refractivity contribution in [2.24, 2.45) is 11.3 Å². The Kier molecular flexibility index (Phi) is 1.35. The fourth-order valence-corrected chi connectivity index (χ4v) is 2.26. The van der Waals surface area contributed by atoms with Crippen molar-refractivity contribution in [2.45, 2.75) is 25.7 Å². The van der Waals surface area contributed by atoms with Crippen LogP contribution in [0.5, 0.6) is 0 Å². The van der Waals surface area contributed by atoms with E-state index in [0.717, 1.165) is 18.9 Å². The van der Waals surface area contributed by atoms with E-state index in [1.807, 2.05) is 0 Å². The van der Waals surface area contributed by atoms with Gasteiger partial charge in [0.05, 0.1) is 0 Å². The molecule has 0 radical (unpaired) electrons. The Labute approximate surface area is 83.3 Å². The van der Waals surface area contributed by atoms with Crippen LogP contribution in [0.4, 0.5) is 8.78 Å². The molecule has 0 aromatic heterocycles. The van der Waals surface area contributed by atoms with Crippen molar-refractivity contribution in [3.05, 3.63) is 35.4 Å². The van der Waals surface area contributed by atoms with Crippen molar-refractivity contribution >= 4 is 0 Å². The zero-order valence-corrected chi connectivity index (χ0v) is 7.76. The van der Waals surface area contributed by atoms with Crippen LogP contribution in [-0.2, 0) is 6.42 Å². The minimum Gasteiger partial charge on any atom is -0.207 e. The Morgan fingerprint density at radius 3 is 2.86 bits per heavy atom. The summed E-state index contributed by atoms with van der Waals surface area (Å²) in [6.45, 7) is 0. The van der Waals surface area contributed by atoms with E-state index in [0.29, 0.717) is 17.9 Å². The highest BCUT2D eigenvalue weighted by Gasteiger charge is 2.61. The van der Waals surface area contributed by atoms with E-state index >= 15 is 0 Å². The molecule has 3 atom stereocenters. The lowest BCUT2D eigenvalue weighted by atomic mass is 10.1. The molecule has 2 aliphatic rings. The molecule has 0 aliphatic heterocycles. The van der Waals surface area contributed by atoms with Gasteiger partial charge in [0.1, 0.15) is 11.6 Å². The predicted molar refractivity (Wildman–Crippen MR) is 49.8 cm³/mol. The summed E-state index contributed by atoms with van der Waals surface area (Å²) in [5, 5.41) is 0. The Hall–Kier alpha value is -0.920. The van der Waals surface area contributed by atoms with Gasteiger partial charge in [0.25, 0.3) is 0 Å². The molecule has 0 bridgehead atoms. The minimum absolute atomic E-state index is 0.0750. The monoisotopic (exact) mass is 195 g/mol. The summed E-state index contributed by atoms with van der Waals surface area (Å²) in [7, 11) is 0. The second-order valence-corrected chi connectivity index (χ2v) is 4.48. The minimum atomic E-state index is -0.522. The fraction of sp³-hybridized carbons (Fsp3) is 0.500. The third kappa shape index (κ3) is 1.24. The smallest absolute Gasteiger partial charge is 0.129 e. The number of halogens is 2. The number of rotatable bonds is 2. The van der Waals surface area contributed by atoms with Gasteiger partial charge in [-0.1, -0.05) is 6.07 Å². The second kappa shape index (κ2) is 2.56. The Bertz CT molecular complexity index is 418. The molecule has 0 nitrogen and oxygen atoms in total. The van der Waals surface area contributed by atoms with Gasteiger partial charge in [-0.3, -0.25) is 0 Å². The molecule has 0 saturated heterocycles. The molecular formula is C12H12F2. The van der Waals surface area contributed by atoms with Crippen molar-refractivity contribution in [1.29, 1.82) is 0 Å². The average Bonchev–Trinajstić information content (AvgIpc) is 3.00. The quantitative estimate of drug-likeness (QED) is 0.679. The first-order chi connectivity index (χ1) is 7.12. The van der Waals surface area contributed by atoms with E-state index in [1.54, 1.807) is 0 Å². The summed E-state index contributed by atoms with van der Waals surface area (Å²) in [5.41, 5.74) is 0.818. The molecule has 3 rings (SSSR count). The highest BCUT2D eigenvalue weighted by molar-refractivity contribution is 5.23. The van der Waals surface area contributed by atoms with E-state index in [-0.39, 0.29) is 11.8 Å². The summed E-state index contributed by atoms with van der Waals surface area (Å²) < 4.78 is 33.6. The molecule has 0 amide bonds. The summed E-state index contributed by atoms with van der Waals surface area (Å²) >= 11 is 0. The van der Waals surface area contributed by atoms with Gasteiger partial charge in [0, 0.05) is 7.44 Å². The molecule has 0 heterocycles. The van der Waals surface area contributed by atoms with Crippen molar-refractivity contribution in [1.82, 2.24) is 0 Å². The van der Waals surface area contributed by atoms with Crippen LogP contribution in [0.2, 0.25) is 0 Å². The van der Waals surface area contributed by atoms with Crippen molar-refractivity contribution in [3.8, 4) is 0 Å². The van der Waals surface area contributed by atoms with Crippen molar-refractivity contribution < 1.29 is 10.2 Å². The molecule has 2 heteroatoms. The Morgan fingerprint density at radius 1 is 1.50 bits per heavy atom. The molecule has 1 aromatic carbocycles. The predicted octanol–water partition coefficient (Wildman–Crippen LogP) is 3.31. The third-order valence-corrected chi connectivity index (χ3v) is 3.49. The summed E-state index contributed by atoms with van der Waals surface area (Å²) in [5.74, 6) is -0.509. The van der Waals surface area contributed by atoms with E-state index in [2.05, 4.69) is 0 Å². The van der Waals surface area contributed by atoms with Crippen LogP contribution in [0, 0.1) is 23.0 Å². The number of hydrogen-bond acceptors (Lipinski definition) is 0. The van der Waals surface area contributed by atoms with Crippen LogP contribution in [0.25, 0.3) is 0 Å². The van der Waals surface area contributed by atoms with Gasteiger partial charge < -0.3 is 0 Å². The average molecular weight is 195 g/mol.